The third-order valence-corrected chi connectivity index (χ3v) is 5.97. The van der Waals surface area contributed by atoms with E-state index in [2.05, 4.69) is 4.74 Å². The Morgan fingerprint density at radius 2 is 1.85 bits per heavy atom. The highest BCUT2D eigenvalue weighted by Gasteiger charge is 2.23. The molecule has 2 aromatic carbocycles. The number of hydrogen-bond acceptors (Lipinski definition) is 4. The summed E-state index contributed by atoms with van der Waals surface area (Å²) in [5, 5.41) is 1.09. The van der Waals surface area contributed by atoms with Crippen molar-refractivity contribution in [2.45, 2.75) is 17.7 Å². The number of esters is 1. The van der Waals surface area contributed by atoms with E-state index in [1.165, 1.54) is 19.2 Å². The van der Waals surface area contributed by atoms with Crippen molar-refractivity contribution >= 4 is 38.5 Å². The Labute approximate surface area is 155 Å². The lowest BCUT2D eigenvalue weighted by Gasteiger charge is -2.12. The SMILES string of the molecule is COC(=O)CCc1cc2cc(Cl)ccc2n1S(=O)(=O)c1ccc(F)cc1. The second-order valence-corrected chi connectivity index (χ2v) is 7.86. The van der Waals surface area contributed by atoms with Gasteiger partial charge in [-0.05, 0) is 55.0 Å². The molecule has 26 heavy (non-hydrogen) atoms. The molecule has 0 aliphatic heterocycles. The molecule has 136 valence electrons. The second kappa shape index (κ2) is 7.09. The molecule has 0 saturated heterocycles. The zero-order valence-electron chi connectivity index (χ0n) is 13.8. The van der Waals surface area contributed by atoms with Gasteiger partial charge in [0.1, 0.15) is 5.82 Å². The summed E-state index contributed by atoms with van der Waals surface area (Å²) in [5.74, 6) is -0.974. The lowest BCUT2D eigenvalue weighted by Crippen LogP contribution is -2.16. The van der Waals surface area contributed by atoms with E-state index in [1.807, 2.05) is 0 Å². The van der Waals surface area contributed by atoms with Crippen LogP contribution in [0.5, 0.6) is 0 Å². The van der Waals surface area contributed by atoms with Crippen molar-refractivity contribution in [2.24, 2.45) is 0 Å². The molecule has 0 aliphatic rings. The van der Waals surface area contributed by atoms with Crippen molar-refractivity contribution in [3.05, 3.63) is 65.1 Å². The molecular weight excluding hydrogens is 381 g/mol. The summed E-state index contributed by atoms with van der Waals surface area (Å²) < 4.78 is 45.2. The van der Waals surface area contributed by atoms with Gasteiger partial charge in [0.2, 0.25) is 0 Å². The van der Waals surface area contributed by atoms with E-state index >= 15 is 0 Å². The first kappa shape index (κ1) is 18.4. The van der Waals surface area contributed by atoms with Gasteiger partial charge in [0.15, 0.2) is 0 Å². The molecule has 3 rings (SSSR count). The predicted octanol–water partition coefficient (Wildman–Crippen LogP) is 3.78. The molecule has 0 fully saturated rings. The standard InChI is InChI=1S/C18H15ClFNO4S/c1-25-18(22)9-5-15-11-12-10-13(19)2-8-17(12)21(15)26(23,24)16-6-3-14(20)4-7-16/h2-4,6-8,10-11H,5,9H2,1H3. The number of carbonyl (C=O) groups excluding carboxylic acids is 1. The molecule has 0 radical (unpaired) electrons. The van der Waals surface area contributed by atoms with Crippen LogP contribution in [0.3, 0.4) is 0 Å². The van der Waals surface area contributed by atoms with Crippen LogP contribution in [0.25, 0.3) is 10.9 Å². The number of methoxy groups -OCH3 is 1. The molecule has 0 N–H and O–H groups in total. The van der Waals surface area contributed by atoms with Crippen molar-refractivity contribution in [3.8, 4) is 0 Å². The van der Waals surface area contributed by atoms with Gasteiger partial charge in [-0.2, -0.15) is 0 Å². The summed E-state index contributed by atoms with van der Waals surface area (Å²) >= 11 is 6.00. The van der Waals surface area contributed by atoms with Gasteiger partial charge in [-0.15, -0.1) is 0 Å². The number of nitrogens with zero attached hydrogens (tertiary/aromatic N) is 1. The molecule has 0 saturated carbocycles. The number of hydrogen-bond donors (Lipinski definition) is 0. The zero-order chi connectivity index (χ0) is 18.9. The van der Waals surface area contributed by atoms with Crippen molar-refractivity contribution in [2.75, 3.05) is 7.11 Å². The smallest absolute Gasteiger partial charge is 0.305 e. The molecule has 8 heteroatoms. The lowest BCUT2D eigenvalue weighted by atomic mass is 10.2. The fourth-order valence-electron chi connectivity index (χ4n) is 2.72. The van der Waals surface area contributed by atoms with Crippen LogP contribution >= 0.6 is 11.6 Å². The van der Waals surface area contributed by atoms with Gasteiger partial charge in [-0.3, -0.25) is 4.79 Å². The van der Waals surface area contributed by atoms with Crippen LogP contribution < -0.4 is 0 Å². The van der Waals surface area contributed by atoms with Crippen LogP contribution in [0.4, 0.5) is 4.39 Å². The molecule has 0 spiro atoms. The first-order valence-corrected chi connectivity index (χ1v) is 9.52. The minimum absolute atomic E-state index is 0.0273. The summed E-state index contributed by atoms with van der Waals surface area (Å²) in [5.41, 5.74) is 0.843. The fourth-order valence-corrected chi connectivity index (χ4v) is 4.47. The maximum Gasteiger partial charge on any atom is 0.305 e. The summed E-state index contributed by atoms with van der Waals surface area (Å²) in [4.78, 5) is 11.4. The topological polar surface area (TPSA) is 65.4 Å². The molecule has 1 aromatic heterocycles. The molecule has 0 amide bonds. The van der Waals surface area contributed by atoms with Gasteiger partial charge in [0, 0.05) is 16.1 Å². The van der Waals surface area contributed by atoms with Gasteiger partial charge in [-0.25, -0.2) is 16.8 Å². The highest BCUT2D eigenvalue weighted by molar-refractivity contribution is 7.90. The predicted molar refractivity (Wildman–Crippen MR) is 96.3 cm³/mol. The van der Waals surface area contributed by atoms with Crippen LogP contribution in [0.15, 0.2) is 53.4 Å². The van der Waals surface area contributed by atoms with Crippen molar-refractivity contribution in [3.63, 3.8) is 0 Å². The quantitative estimate of drug-likeness (QED) is 0.617. The molecule has 5 nitrogen and oxygen atoms in total. The largest absolute Gasteiger partial charge is 0.469 e. The lowest BCUT2D eigenvalue weighted by molar-refractivity contribution is -0.140. The Balaban J connectivity index is 2.18. The summed E-state index contributed by atoms with van der Waals surface area (Å²) in [6.45, 7) is 0. The van der Waals surface area contributed by atoms with Crippen molar-refractivity contribution in [1.82, 2.24) is 3.97 Å². The molecule has 0 bridgehead atoms. The molecule has 1 heterocycles. The average Bonchev–Trinajstić information content (AvgIpc) is 2.98. The molecule has 3 aromatic rings. The van der Waals surface area contributed by atoms with Gasteiger partial charge in [-0.1, -0.05) is 11.6 Å². The van der Waals surface area contributed by atoms with Gasteiger partial charge >= 0.3 is 5.97 Å². The fraction of sp³-hybridized carbons (Fsp3) is 0.167. The number of halogens is 2. The Morgan fingerprint density at radius 3 is 2.50 bits per heavy atom. The maximum absolute atomic E-state index is 13.2. The Kier molecular flexibility index (Phi) is 5.02. The normalized spacial score (nSPS) is 11.7. The van der Waals surface area contributed by atoms with E-state index in [0.29, 0.717) is 21.6 Å². The second-order valence-electron chi connectivity index (χ2n) is 5.64. The minimum atomic E-state index is -3.98. The molecular formula is C18H15ClFNO4S. The molecule has 0 atom stereocenters. The van der Waals surface area contributed by atoms with Crippen LogP contribution in [0.1, 0.15) is 12.1 Å². The van der Waals surface area contributed by atoms with Crippen LogP contribution in [-0.4, -0.2) is 25.5 Å². The average molecular weight is 396 g/mol. The van der Waals surface area contributed by atoms with Gasteiger partial charge in [0.25, 0.3) is 10.0 Å². The van der Waals surface area contributed by atoms with E-state index in [4.69, 9.17) is 11.6 Å². The summed E-state index contributed by atoms with van der Waals surface area (Å²) in [6.07, 6.45) is 0.193. The van der Waals surface area contributed by atoms with E-state index in [9.17, 15) is 17.6 Å². The summed E-state index contributed by atoms with van der Waals surface area (Å²) in [6, 6.07) is 11.1. The highest BCUT2D eigenvalue weighted by Crippen LogP contribution is 2.28. The zero-order valence-corrected chi connectivity index (χ0v) is 15.3. The number of aromatic nitrogens is 1. The van der Waals surface area contributed by atoms with Gasteiger partial charge in [0.05, 0.1) is 23.9 Å². The number of aryl methyl sites for hydroxylation is 1. The number of fused-ring (bicyclic) bond motifs is 1. The van der Waals surface area contributed by atoms with Gasteiger partial charge < -0.3 is 4.74 Å². The van der Waals surface area contributed by atoms with Crippen LogP contribution in [-0.2, 0) is 26.0 Å². The first-order valence-electron chi connectivity index (χ1n) is 7.71. The Hall–Kier alpha value is -2.38. The van der Waals surface area contributed by atoms with E-state index < -0.39 is 21.8 Å². The van der Waals surface area contributed by atoms with Crippen molar-refractivity contribution in [1.29, 1.82) is 0 Å². The third kappa shape index (κ3) is 3.45. The summed E-state index contributed by atoms with van der Waals surface area (Å²) in [7, 11) is -2.71. The minimum Gasteiger partial charge on any atom is -0.469 e. The molecule has 0 unspecified atom stereocenters. The monoisotopic (exact) mass is 395 g/mol. The van der Waals surface area contributed by atoms with Crippen LogP contribution in [0, 0.1) is 5.82 Å². The third-order valence-electron chi connectivity index (χ3n) is 3.96. The Bertz CT molecular complexity index is 1070. The number of carbonyl (C=O) groups is 1. The molecule has 0 aliphatic carbocycles. The van der Waals surface area contributed by atoms with Crippen molar-refractivity contribution < 1.29 is 22.3 Å². The number of ether oxygens (including phenoxy) is 1. The Morgan fingerprint density at radius 1 is 1.15 bits per heavy atom. The number of rotatable bonds is 5. The highest BCUT2D eigenvalue weighted by atomic mass is 35.5. The number of benzene rings is 2. The van der Waals surface area contributed by atoms with E-state index in [-0.39, 0.29) is 17.7 Å². The van der Waals surface area contributed by atoms with Crippen LogP contribution in [0.2, 0.25) is 5.02 Å². The van der Waals surface area contributed by atoms with E-state index in [0.717, 1.165) is 16.1 Å². The van der Waals surface area contributed by atoms with E-state index in [1.54, 1.807) is 24.3 Å². The first-order chi connectivity index (χ1) is 12.3. The maximum atomic E-state index is 13.2.